The highest BCUT2D eigenvalue weighted by Crippen LogP contribution is 2.35. The van der Waals surface area contributed by atoms with E-state index in [9.17, 15) is 4.79 Å². The van der Waals surface area contributed by atoms with Crippen LogP contribution in [0.5, 0.6) is 5.75 Å². The average molecular weight is 360 g/mol. The van der Waals surface area contributed by atoms with E-state index in [0.717, 1.165) is 44.4 Å². The van der Waals surface area contributed by atoms with Crippen LogP contribution in [0.25, 0.3) is 0 Å². The molecule has 2 rings (SSSR count). The summed E-state index contributed by atoms with van der Waals surface area (Å²) in [6.45, 7) is 5.64. The fourth-order valence-electron chi connectivity index (χ4n) is 4.28. The largest absolute Gasteiger partial charge is 0.496 e. The van der Waals surface area contributed by atoms with E-state index in [1.807, 2.05) is 12.1 Å². The van der Waals surface area contributed by atoms with Crippen LogP contribution in [0, 0.1) is 0 Å². The predicted octanol–water partition coefficient (Wildman–Crippen LogP) is 5.93. The molecule has 0 saturated carbocycles. The van der Waals surface area contributed by atoms with E-state index < -0.39 is 0 Å². The van der Waals surface area contributed by atoms with Gasteiger partial charge in [0, 0.05) is 30.5 Å². The Hall–Kier alpha value is -1.35. The van der Waals surface area contributed by atoms with E-state index >= 15 is 0 Å². The van der Waals surface area contributed by atoms with E-state index in [1.165, 1.54) is 37.7 Å². The molecule has 2 atom stereocenters. The number of hydrogen-bond donors (Lipinski definition) is 0. The third kappa shape index (κ3) is 6.12. The van der Waals surface area contributed by atoms with E-state index in [4.69, 9.17) is 4.74 Å². The number of methoxy groups -OCH3 is 1. The quantitative estimate of drug-likeness (QED) is 0.433. The van der Waals surface area contributed by atoms with Gasteiger partial charge < -0.3 is 4.74 Å². The van der Waals surface area contributed by atoms with Crippen molar-refractivity contribution in [3.8, 4) is 5.75 Å². The summed E-state index contributed by atoms with van der Waals surface area (Å²) in [5.74, 6) is 1.44. The number of benzene rings is 1. The smallest absolute Gasteiger partial charge is 0.132 e. The second kappa shape index (κ2) is 11.4. The van der Waals surface area contributed by atoms with E-state index in [-0.39, 0.29) is 0 Å². The fourth-order valence-corrected chi connectivity index (χ4v) is 4.28. The monoisotopic (exact) mass is 359 g/mol. The molecule has 1 saturated heterocycles. The molecule has 3 nitrogen and oxygen atoms in total. The zero-order valence-corrected chi connectivity index (χ0v) is 17.0. The maximum absolute atomic E-state index is 12.1. The summed E-state index contributed by atoms with van der Waals surface area (Å²) < 4.78 is 5.56. The number of ether oxygens (including phenoxy) is 1. The molecule has 0 N–H and O–H groups in total. The topological polar surface area (TPSA) is 29.5 Å². The predicted molar refractivity (Wildman–Crippen MR) is 109 cm³/mol. The molecule has 1 heterocycles. The molecule has 1 aliphatic heterocycles. The first-order valence-electron chi connectivity index (χ1n) is 10.6. The van der Waals surface area contributed by atoms with E-state index in [2.05, 4.69) is 30.9 Å². The number of hydrogen-bond acceptors (Lipinski definition) is 3. The van der Waals surface area contributed by atoms with Crippen molar-refractivity contribution in [3.05, 3.63) is 29.8 Å². The summed E-state index contributed by atoms with van der Waals surface area (Å²) in [5, 5.41) is 0. The van der Waals surface area contributed by atoms with Gasteiger partial charge in [-0.15, -0.1) is 0 Å². The fraction of sp³-hybridized carbons (Fsp3) is 0.696. The van der Waals surface area contributed by atoms with Crippen LogP contribution in [0.4, 0.5) is 0 Å². The molecule has 1 aromatic carbocycles. The number of nitrogens with zero attached hydrogens (tertiary/aromatic N) is 1. The number of carbonyl (C=O) groups is 1. The zero-order chi connectivity index (χ0) is 18.8. The van der Waals surface area contributed by atoms with Crippen molar-refractivity contribution in [1.29, 1.82) is 0 Å². The number of rotatable bonds is 12. The van der Waals surface area contributed by atoms with Gasteiger partial charge in [-0.1, -0.05) is 44.4 Å². The summed E-state index contributed by atoms with van der Waals surface area (Å²) >= 11 is 0. The van der Waals surface area contributed by atoms with Crippen LogP contribution < -0.4 is 4.74 Å². The lowest BCUT2D eigenvalue weighted by molar-refractivity contribution is -0.119. The Labute approximate surface area is 160 Å². The Bertz CT molecular complexity index is 543. The lowest BCUT2D eigenvalue weighted by atomic mass is 10.00. The Morgan fingerprint density at radius 1 is 1.19 bits per heavy atom. The van der Waals surface area contributed by atoms with Gasteiger partial charge in [0.1, 0.15) is 11.5 Å². The molecule has 146 valence electrons. The summed E-state index contributed by atoms with van der Waals surface area (Å²) in [6, 6.07) is 9.32. The van der Waals surface area contributed by atoms with Crippen molar-refractivity contribution in [3.63, 3.8) is 0 Å². The molecule has 26 heavy (non-hydrogen) atoms. The Kier molecular flexibility index (Phi) is 9.17. The van der Waals surface area contributed by atoms with Crippen LogP contribution in [-0.4, -0.2) is 30.4 Å². The maximum Gasteiger partial charge on any atom is 0.132 e. The van der Waals surface area contributed by atoms with Crippen molar-refractivity contribution in [1.82, 2.24) is 4.90 Å². The molecule has 1 aliphatic rings. The first kappa shape index (κ1) is 21.0. The summed E-state index contributed by atoms with van der Waals surface area (Å²) in [4.78, 5) is 14.7. The van der Waals surface area contributed by atoms with Crippen molar-refractivity contribution < 1.29 is 9.53 Å². The molecule has 0 spiro atoms. The van der Waals surface area contributed by atoms with Crippen LogP contribution in [-0.2, 0) is 4.79 Å². The Balaban J connectivity index is 1.79. The Morgan fingerprint density at radius 2 is 1.96 bits per heavy atom. The second-order valence-electron chi connectivity index (χ2n) is 7.69. The first-order chi connectivity index (χ1) is 12.7. The van der Waals surface area contributed by atoms with E-state index in [0.29, 0.717) is 17.9 Å². The van der Waals surface area contributed by atoms with Gasteiger partial charge in [-0.25, -0.2) is 0 Å². The molecule has 0 amide bonds. The molecule has 0 bridgehead atoms. The van der Waals surface area contributed by atoms with Gasteiger partial charge in [0.15, 0.2) is 0 Å². The van der Waals surface area contributed by atoms with Gasteiger partial charge in [0.25, 0.3) is 0 Å². The highest BCUT2D eigenvalue weighted by molar-refractivity contribution is 5.78. The zero-order valence-electron chi connectivity index (χ0n) is 17.0. The normalized spacial score (nSPS) is 18.8. The third-order valence-electron chi connectivity index (χ3n) is 5.81. The summed E-state index contributed by atoms with van der Waals surface area (Å²) in [7, 11) is 1.75. The van der Waals surface area contributed by atoms with Gasteiger partial charge in [-0.3, -0.25) is 9.69 Å². The van der Waals surface area contributed by atoms with Crippen LogP contribution >= 0.6 is 0 Å². The molecule has 1 fully saturated rings. The van der Waals surface area contributed by atoms with Crippen LogP contribution in [0.1, 0.15) is 89.7 Å². The van der Waals surface area contributed by atoms with Crippen molar-refractivity contribution in [2.75, 3.05) is 13.7 Å². The number of carbonyl (C=O) groups excluding carboxylic acids is 1. The van der Waals surface area contributed by atoms with Crippen molar-refractivity contribution >= 4 is 5.78 Å². The number of unbranched alkanes of at least 4 members (excludes halogenated alkanes) is 3. The Morgan fingerprint density at radius 3 is 2.73 bits per heavy atom. The second-order valence-corrected chi connectivity index (χ2v) is 7.69. The van der Waals surface area contributed by atoms with Gasteiger partial charge >= 0.3 is 0 Å². The van der Waals surface area contributed by atoms with Crippen molar-refractivity contribution in [2.24, 2.45) is 0 Å². The number of likely N-dealkylation sites (tertiary alicyclic amines) is 1. The van der Waals surface area contributed by atoms with Crippen LogP contribution in [0.2, 0.25) is 0 Å². The van der Waals surface area contributed by atoms with Crippen LogP contribution in [0.3, 0.4) is 0 Å². The standard InChI is InChI=1S/C23H37NO2/c1-4-5-6-7-14-21(25)15-10-12-20-13-11-18-24(20)19(2)22-16-8-9-17-23(22)26-3/h8-9,16-17,19-20H,4-7,10-15,18H2,1-3H3/t19-,20+/m0/s1. The minimum Gasteiger partial charge on any atom is -0.496 e. The highest BCUT2D eigenvalue weighted by Gasteiger charge is 2.30. The minimum atomic E-state index is 0.364. The van der Waals surface area contributed by atoms with Crippen molar-refractivity contribution in [2.45, 2.75) is 90.1 Å². The molecular weight excluding hydrogens is 322 g/mol. The third-order valence-corrected chi connectivity index (χ3v) is 5.81. The number of para-hydroxylation sites is 1. The van der Waals surface area contributed by atoms with Gasteiger partial charge in [-0.2, -0.15) is 0 Å². The molecule has 0 aliphatic carbocycles. The molecule has 3 heteroatoms. The minimum absolute atomic E-state index is 0.364. The van der Waals surface area contributed by atoms with Gasteiger partial charge in [0.05, 0.1) is 7.11 Å². The van der Waals surface area contributed by atoms with Crippen LogP contribution in [0.15, 0.2) is 24.3 Å². The average Bonchev–Trinajstić information content (AvgIpc) is 3.13. The lowest BCUT2D eigenvalue weighted by Gasteiger charge is -2.31. The lowest BCUT2D eigenvalue weighted by Crippen LogP contribution is -2.32. The molecule has 0 aromatic heterocycles. The number of ketones is 1. The molecular formula is C23H37NO2. The number of Topliss-reactive ketones (excluding diaryl/α,β-unsaturated/α-hetero) is 1. The van der Waals surface area contributed by atoms with Gasteiger partial charge in [0.2, 0.25) is 0 Å². The molecule has 1 aromatic rings. The first-order valence-corrected chi connectivity index (χ1v) is 10.6. The maximum atomic E-state index is 12.1. The van der Waals surface area contributed by atoms with E-state index in [1.54, 1.807) is 7.11 Å². The molecule has 0 radical (unpaired) electrons. The molecule has 0 unspecified atom stereocenters. The van der Waals surface area contributed by atoms with Gasteiger partial charge in [-0.05, 0) is 51.6 Å². The summed E-state index contributed by atoms with van der Waals surface area (Å²) in [5.41, 5.74) is 1.27. The summed E-state index contributed by atoms with van der Waals surface area (Å²) in [6.07, 6.45) is 11.0. The SMILES string of the molecule is CCCCCCC(=O)CCC[C@@H]1CCCN1[C@@H](C)c1ccccc1OC. The highest BCUT2D eigenvalue weighted by atomic mass is 16.5.